The fourth-order valence-corrected chi connectivity index (χ4v) is 3.83. The largest absolute Gasteiger partial charge is 0.396 e. The van der Waals surface area contributed by atoms with E-state index in [2.05, 4.69) is 5.32 Å². The molecule has 1 atom stereocenters. The SMILES string of the molecule is CC(=O)c1csc(C(=O)NC(CCO)C2CCCCC2)c1. The van der Waals surface area contributed by atoms with Crippen LogP contribution >= 0.6 is 11.3 Å². The summed E-state index contributed by atoms with van der Waals surface area (Å²) in [4.78, 5) is 24.2. The van der Waals surface area contributed by atoms with E-state index in [0.717, 1.165) is 12.8 Å². The van der Waals surface area contributed by atoms with E-state index in [9.17, 15) is 14.7 Å². The molecule has 4 nitrogen and oxygen atoms in total. The minimum Gasteiger partial charge on any atom is -0.396 e. The summed E-state index contributed by atoms with van der Waals surface area (Å²) in [6, 6.07) is 1.69. The Hall–Kier alpha value is -1.20. The van der Waals surface area contributed by atoms with Crippen molar-refractivity contribution >= 4 is 23.0 Å². The number of carbonyl (C=O) groups excluding carboxylic acids is 2. The maximum absolute atomic E-state index is 12.3. The van der Waals surface area contributed by atoms with E-state index in [1.807, 2.05) is 0 Å². The first kappa shape index (κ1) is 16.2. The molecule has 2 rings (SSSR count). The quantitative estimate of drug-likeness (QED) is 0.794. The lowest BCUT2D eigenvalue weighted by molar-refractivity contribution is 0.0903. The predicted molar refractivity (Wildman–Crippen MR) is 83.9 cm³/mol. The van der Waals surface area contributed by atoms with Crippen LogP contribution in [0.5, 0.6) is 0 Å². The van der Waals surface area contributed by atoms with Crippen LogP contribution in [0.1, 0.15) is 65.5 Å². The number of rotatable bonds is 6. The number of amides is 1. The van der Waals surface area contributed by atoms with Crippen LogP contribution in [0.4, 0.5) is 0 Å². The zero-order valence-corrected chi connectivity index (χ0v) is 13.2. The zero-order valence-electron chi connectivity index (χ0n) is 12.4. The molecule has 1 aliphatic rings. The van der Waals surface area contributed by atoms with E-state index in [1.165, 1.54) is 37.5 Å². The summed E-state index contributed by atoms with van der Waals surface area (Å²) >= 11 is 1.30. The third-order valence-electron chi connectivity index (χ3n) is 4.21. The monoisotopic (exact) mass is 309 g/mol. The van der Waals surface area contributed by atoms with Gasteiger partial charge < -0.3 is 10.4 Å². The molecular formula is C16H23NO3S. The first-order valence-electron chi connectivity index (χ1n) is 7.63. The van der Waals surface area contributed by atoms with Crippen LogP contribution in [0.25, 0.3) is 0 Å². The third-order valence-corrected chi connectivity index (χ3v) is 5.13. The van der Waals surface area contributed by atoms with Crippen LogP contribution < -0.4 is 5.32 Å². The van der Waals surface area contributed by atoms with E-state index < -0.39 is 0 Å². The maximum atomic E-state index is 12.3. The lowest BCUT2D eigenvalue weighted by Crippen LogP contribution is -2.41. The van der Waals surface area contributed by atoms with Gasteiger partial charge >= 0.3 is 0 Å². The van der Waals surface area contributed by atoms with E-state index in [-0.39, 0.29) is 24.3 Å². The highest BCUT2D eigenvalue weighted by molar-refractivity contribution is 7.12. The maximum Gasteiger partial charge on any atom is 0.261 e. The van der Waals surface area contributed by atoms with Crippen molar-refractivity contribution < 1.29 is 14.7 Å². The number of ketones is 1. The number of nitrogens with one attached hydrogen (secondary N) is 1. The summed E-state index contributed by atoms with van der Waals surface area (Å²) in [7, 11) is 0. The lowest BCUT2D eigenvalue weighted by atomic mass is 9.82. The van der Waals surface area contributed by atoms with E-state index >= 15 is 0 Å². The Bertz CT molecular complexity index is 491. The van der Waals surface area contributed by atoms with Gasteiger partial charge in [0.05, 0.1) is 4.88 Å². The number of hydrogen-bond donors (Lipinski definition) is 2. The molecule has 1 heterocycles. The highest BCUT2D eigenvalue weighted by Gasteiger charge is 2.25. The van der Waals surface area contributed by atoms with Gasteiger partial charge in [-0.2, -0.15) is 0 Å². The Labute approximate surface area is 129 Å². The molecule has 1 aromatic heterocycles. The summed E-state index contributed by atoms with van der Waals surface area (Å²) in [5, 5.41) is 14.0. The number of aliphatic hydroxyl groups is 1. The minimum atomic E-state index is -0.128. The number of Topliss-reactive ketones (excluding diaryl/α,β-unsaturated/α-hetero) is 1. The highest BCUT2D eigenvalue weighted by atomic mass is 32.1. The van der Waals surface area contributed by atoms with Crippen molar-refractivity contribution in [2.24, 2.45) is 5.92 Å². The van der Waals surface area contributed by atoms with Gasteiger partial charge in [0.15, 0.2) is 5.78 Å². The molecule has 0 saturated heterocycles. The topological polar surface area (TPSA) is 66.4 Å². The Morgan fingerprint density at radius 1 is 1.38 bits per heavy atom. The van der Waals surface area contributed by atoms with Crippen LogP contribution in [0.2, 0.25) is 0 Å². The van der Waals surface area contributed by atoms with Crippen molar-refractivity contribution in [3.8, 4) is 0 Å². The van der Waals surface area contributed by atoms with Crippen LogP contribution in [-0.4, -0.2) is 29.4 Å². The Balaban J connectivity index is 2.00. The van der Waals surface area contributed by atoms with Crippen molar-refractivity contribution in [3.63, 3.8) is 0 Å². The first-order chi connectivity index (χ1) is 10.1. The van der Waals surface area contributed by atoms with Crippen molar-refractivity contribution in [1.82, 2.24) is 5.32 Å². The molecule has 0 radical (unpaired) electrons. The number of thiophene rings is 1. The standard InChI is InChI=1S/C16H23NO3S/c1-11(19)13-9-15(21-10-13)16(20)17-14(7-8-18)12-5-3-2-4-6-12/h9-10,12,14,18H,2-8H2,1H3,(H,17,20). The van der Waals surface area contributed by atoms with Gasteiger partial charge in [0.25, 0.3) is 5.91 Å². The predicted octanol–water partition coefficient (Wildman–Crippen LogP) is 3.01. The molecule has 1 saturated carbocycles. The molecule has 21 heavy (non-hydrogen) atoms. The van der Waals surface area contributed by atoms with Gasteiger partial charge in [-0.05, 0) is 38.2 Å². The third kappa shape index (κ3) is 4.38. The average Bonchev–Trinajstić information content (AvgIpc) is 2.98. The molecule has 1 unspecified atom stereocenters. The molecule has 1 amide bonds. The first-order valence-corrected chi connectivity index (χ1v) is 8.51. The van der Waals surface area contributed by atoms with Gasteiger partial charge in [0.1, 0.15) is 0 Å². The van der Waals surface area contributed by atoms with Gasteiger partial charge in [-0.1, -0.05) is 19.3 Å². The molecule has 116 valence electrons. The van der Waals surface area contributed by atoms with Crippen molar-refractivity contribution in [2.45, 2.75) is 51.5 Å². The molecule has 1 fully saturated rings. The Kier molecular flexibility index (Phi) is 5.94. The fraction of sp³-hybridized carbons (Fsp3) is 0.625. The van der Waals surface area contributed by atoms with Crippen LogP contribution in [0.15, 0.2) is 11.4 Å². The normalized spacial score (nSPS) is 17.4. The molecule has 1 aromatic rings. The second-order valence-corrected chi connectivity index (χ2v) is 6.66. The number of hydrogen-bond acceptors (Lipinski definition) is 4. The van der Waals surface area contributed by atoms with E-state index in [4.69, 9.17) is 0 Å². The van der Waals surface area contributed by atoms with Crippen molar-refractivity contribution in [1.29, 1.82) is 0 Å². The smallest absolute Gasteiger partial charge is 0.261 e. The zero-order chi connectivity index (χ0) is 15.2. The van der Waals surface area contributed by atoms with Gasteiger partial charge in [-0.25, -0.2) is 0 Å². The van der Waals surface area contributed by atoms with E-state index in [1.54, 1.807) is 11.4 Å². The summed E-state index contributed by atoms with van der Waals surface area (Å²) in [5.74, 6) is 0.308. The summed E-state index contributed by atoms with van der Waals surface area (Å²) < 4.78 is 0. The number of carbonyl (C=O) groups is 2. The highest BCUT2D eigenvalue weighted by Crippen LogP contribution is 2.28. The van der Waals surface area contributed by atoms with Gasteiger partial charge in [-0.15, -0.1) is 11.3 Å². The molecular weight excluding hydrogens is 286 g/mol. The van der Waals surface area contributed by atoms with Crippen molar-refractivity contribution in [3.05, 3.63) is 21.9 Å². The minimum absolute atomic E-state index is 0.0236. The molecule has 1 aliphatic carbocycles. The van der Waals surface area contributed by atoms with Gasteiger partial charge in [0, 0.05) is 23.6 Å². The van der Waals surface area contributed by atoms with Crippen LogP contribution in [0.3, 0.4) is 0 Å². The molecule has 2 N–H and O–H groups in total. The average molecular weight is 309 g/mol. The number of aliphatic hydroxyl groups excluding tert-OH is 1. The molecule has 0 spiro atoms. The fourth-order valence-electron chi connectivity index (χ4n) is 2.98. The second kappa shape index (κ2) is 7.71. The molecule has 0 bridgehead atoms. The van der Waals surface area contributed by atoms with Crippen LogP contribution in [-0.2, 0) is 0 Å². The van der Waals surface area contributed by atoms with Gasteiger partial charge in [-0.3, -0.25) is 9.59 Å². The lowest BCUT2D eigenvalue weighted by Gasteiger charge is -2.30. The second-order valence-electron chi connectivity index (χ2n) is 5.75. The Morgan fingerprint density at radius 2 is 2.10 bits per heavy atom. The molecule has 0 aliphatic heterocycles. The Morgan fingerprint density at radius 3 is 2.67 bits per heavy atom. The van der Waals surface area contributed by atoms with Crippen molar-refractivity contribution in [2.75, 3.05) is 6.61 Å². The summed E-state index contributed by atoms with van der Waals surface area (Å²) in [6.45, 7) is 1.59. The van der Waals surface area contributed by atoms with E-state index in [0.29, 0.717) is 22.8 Å². The summed E-state index contributed by atoms with van der Waals surface area (Å²) in [5.41, 5.74) is 0.585. The molecule has 5 heteroatoms. The summed E-state index contributed by atoms with van der Waals surface area (Å²) in [6.07, 6.45) is 6.51. The van der Waals surface area contributed by atoms with Crippen LogP contribution in [0, 0.1) is 5.92 Å². The molecule has 0 aromatic carbocycles. The van der Waals surface area contributed by atoms with Gasteiger partial charge in [0.2, 0.25) is 0 Å².